The SMILES string of the molecule is Nc1c(C(=O)CSC(c2ccccc2)c2ccc(Cl)cc2)c(=O)[nH]c(=O)n1C1CC1. The van der Waals surface area contributed by atoms with Gasteiger partial charge in [-0.3, -0.25) is 19.1 Å². The van der Waals surface area contributed by atoms with E-state index in [0.717, 1.165) is 24.0 Å². The molecule has 1 unspecified atom stereocenters. The van der Waals surface area contributed by atoms with Gasteiger partial charge in [-0.1, -0.05) is 54.1 Å². The largest absolute Gasteiger partial charge is 0.384 e. The van der Waals surface area contributed by atoms with Gasteiger partial charge < -0.3 is 5.73 Å². The molecule has 2 aromatic carbocycles. The Morgan fingerprint density at radius 3 is 2.37 bits per heavy atom. The lowest BCUT2D eigenvalue weighted by Crippen LogP contribution is -2.36. The summed E-state index contributed by atoms with van der Waals surface area (Å²) in [7, 11) is 0. The molecule has 3 N–H and O–H groups in total. The molecule has 3 aromatic rings. The standard InChI is InChI=1S/C22H20ClN3O3S/c23-15-8-6-14(7-9-15)19(13-4-2-1-3-5-13)30-12-17(27)18-20(24)26(16-10-11-16)22(29)25-21(18)28/h1-9,16,19H,10-12,24H2,(H,25,28,29). The summed E-state index contributed by atoms with van der Waals surface area (Å²) < 4.78 is 1.33. The number of aromatic nitrogens is 2. The van der Waals surface area contributed by atoms with Gasteiger partial charge in [-0.15, -0.1) is 11.8 Å². The second kappa shape index (κ2) is 8.53. The number of aromatic amines is 1. The van der Waals surface area contributed by atoms with Crippen LogP contribution in [0.5, 0.6) is 0 Å². The molecule has 0 saturated heterocycles. The van der Waals surface area contributed by atoms with Crippen LogP contribution >= 0.6 is 23.4 Å². The lowest BCUT2D eigenvalue weighted by molar-refractivity contribution is 0.102. The van der Waals surface area contributed by atoms with E-state index in [9.17, 15) is 14.4 Å². The van der Waals surface area contributed by atoms with E-state index in [2.05, 4.69) is 4.98 Å². The third-order valence-electron chi connectivity index (χ3n) is 5.03. The zero-order valence-corrected chi connectivity index (χ0v) is 17.6. The number of rotatable bonds is 7. The molecule has 1 aromatic heterocycles. The number of H-pyrrole nitrogens is 1. The summed E-state index contributed by atoms with van der Waals surface area (Å²) in [6.45, 7) is 0. The summed E-state index contributed by atoms with van der Waals surface area (Å²) in [5, 5.41) is 0.510. The maximum atomic E-state index is 13.0. The highest BCUT2D eigenvalue weighted by atomic mass is 35.5. The number of halogens is 1. The van der Waals surface area contributed by atoms with E-state index >= 15 is 0 Å². The summed E-state index contributed by atoms with van der Waals surface area (Å²) in [4.78, 5) is 39.6. The third kappa shape index (κ3) is 4.22. The van der Waals surface area contributed by atoms with Crippen molar-refractivity contribution in [3.05, 3.63) is 97.1 Å². The Labute approximate surface area is 182 Å². The zero-order valence-electron chi connectivity index (χ0n) is 16.0. The number of hydrogen-bond donors (Lipinski definition) is 2. The number of nitrogens with two attached hydrogens (primary N) is 1. The van der Waals surface area contributed by atoms with Gasteiger partial charge in [-0.25, -0.2) is 4.79 Å². The molecule has 1 heterocycles. The first-order valence-electron chi connectivity index (χ1n) is 9.55. The summed E-state index contributed by atoms with van der Waals surface area (Å²) in [6, 6.07) is 17.2. The van der Waals surface area contributed by atoms with Gasteiger partial charge in [-0.05, 0) is 36.1 Å². The molecule has 0 bridgehead atoms. The number of nitrogens with zero attached hydrogens (tertiary/aromatic N) is 1. The van der Waals surface area contributed by atoms with Gasteiger partial charge in [0.2, 0.25) is 0 Å². The smallest absolute Gasteiger partial charge is 0.330 e. The van der Waals surface area contributed by atoms with Crippen molar-refractivity contribution in [2.75, 3.05) is 11.5 Å². The molecule has 30 heavy (non-hydrogen) atoms. The number of nitrogens with one attached hydrogen (secondary N) is 1. The fourth-order valence-corrected chi connectivity index (χ4v) is 4.70. The van der Waals surface area contributed by atoms with E-state index < -0.39 is 17.0 Å². The first-order valence-corrected chi connectivity index (χ1v) is 11.0. The first-order chi connectivity index (χ1) is 14.5. The van der Waals surface area contributed by atoms with Crippen LogP contribution in [-0.2, 0) is 0 Å². The van der Waals surface area contributed by atoms with Crippen molar-refractivity contribution >= 4 is 35.0 Å². The summed E-state index contributed by atoms with van der Waals surface area (Å²) in [5.74, 6) is -0.402. The van der Waals surface area contributed by atoms with Gasteiger partial charge in [-0.2, -0.15) is 0 Å². The van der Waals surface area contributed by atoms with Crippen molar-refractivity contribution in [3.63, 3.8) is 0 Å². The topological polar surface area (TPSA) is 98.0 Å². The molecule has 0 radical (unpaired) electrons. The molecule has 0 amide bonds. The quantitative estimate of drug-likeness (QED) is 0.543. The summed E-state index contributed by atoms with van der Waals surface area (Å²) in [6.07, 6.45) is 1.62. The number of ketones is 1. The van der Waals surface area contributed by atoms with Crippen LogP contribution in [0.4, 0.5) is 5.82 Å². The number of carbonyl (C=O) groups is 1. The Balaban J connectivity index is 1.62. The Bertz CT molecular complexity index is 1180. The predicted octanol–water partition coefficient (Wildman–Crippen LogP) is 3.81. The van der Waals surface area contributed by atoms with Gasteiger partial charge in [0.05, 0.1) is 11.0 Å². The number of nitrogen functional groups attached to an aromatic ring is 1. The fraction of sp³-hybridized carbons (Fsp3) is 0.227. The molecule has 4 rings (SSSR count). The molecule has 8 heteroatoms. The Hall–Kier alpha value is -2.77. The van der Waals surface area contributed by atoms with Gasteiger partial charge >= 0.3 is 5.69 Å². The molecule has 1 aliphatic rings. The van der Waals surface area contributed by atoms with Gasteiger partial charge in [0.1, 0.15) is 11.4 Å². The lowest BCUT2D eigenvalue weighted by atomic mass is 10.0. The molecular formula is C22H20ClN3O3S. The van der Waals surface area contributed by atoms with Gasteiger partial charge in [0, 0.05) is 11.1 Å². The van der Waals surface area contributed by atoms with Crippen LogP contribution in [-0.4, -0.2) is 21.1 Å². The van der Waals surface area contributed by atoms with E-state index in [1.54, 1.807) is 0 Å². The van der Waals surface area contributed by atoms with E-state index in [-0.39, 0.29) is 28.4 Å². The average molecular weight is 442 g/mol. The number of anilines is 1. The Kier molecular flexibility index (Phi) is 5.83. The van der Waals surface area contributed by atoms with Crippen LogP contribution in [0.2, 0.25) is 5.02 Å². The Morgan fingerprint density at radius 1 is 1.10 bits per heavy atom. The summed E-state index contributed by atoms with van der Waals surface area (Å²) >= 11 is 7.42. The van der Waals surface area contributed by atoms with Crippen molar-refractivity contribution < 1.29 is 4.79 Å². The predicted molar refractivity (Wildman–Crippen MR) is 121 cm³/mol. The first kappa shape index (κ1) is 20.5. The number of hydrogen-bond acceptors (Lipinski definition) is 5. The molecular weight excluding hydrogens is 422 g/mol. The molecule has 1 aliphatic carbocycles. The number of carbonyl (C=O) groups excluding carboxylic acids is 1. The highest BCUT2D eigenvalue weighted by Crippen LogP contribution is 2.37. The lowest BCUT2D eigenvalue weighted by Gasteiger charge is -2.18. The van der Waals surface area contributed by atoms with Crippen molar-refractivity contribution in [1.82, 2.24) is 9.55 Å². The van der Waals surface area contributed by atoms with Crippen molar-refractivity contribution in [2.45, 2.75) is 24.1 Å². The zero-order chi connectivity index (χ0) is 21.3. The molecule has 1 saturated carbocycles. The third-order valence-corrected chi connectivity index (χ3v) is 6.59. The van der Waals surface area contributed by atoms with Crippen LogP contribution in [0.25, 0.3) is 0 Å². The molecule has 1 atom stereocenters. The minimum atomic E-state index is -0.734. The van der Waals surface area contributed by atoms with Gasteiger partial charge in [0.25, 0.3) is 5.56 Å². The van der Waals surface area contributed by atoms with Crippen molar-refractivity contribution in [3.8, 4) is 0 Å². The van der Waals surface area contributed by atoms with E-state index in [1.165, 1.54) is 16.3 Å². The molecule has 0 spiro atoms. The second-order valence-corrected chi connectivity index (χ2v) is 8.73. The number of benzene rings is 2. The molecule has 154 valence electrons. The maximum Gasteiger partial charge on any atom is 0.330 e. The minimum absolute atomic E-state index is 0.0400. The van der Waals surface area contributed by atoms with Crippen molar-refractivity contribution in [1.29, 1.82) is 0 Å². The van der Waals surface area contributed by atoms with E-state index in [1.807, 2.05) is 54.6 Å². The monoisotopic (exact) mass is 441 g/mol. The highest BCUT2D eigenvalue weighted by molar-refractivity contribution is 8.00. The normalized spacial score (nSPS) is 14.4. The van der Waals surface area contributed by atoms with Crippen LogP contribution in [0, 0.1) is 0 Å². The minimum Gasteiger partial charge on any atom is -0.384 e. The molecule has 1 fully saturated rings. The number of thioether (sulfide) groups is 1. The van der Waals surface area contributed by atoms with Crippen molar-refractivity contribution in [2.24, 2.45) is 0 Å². The van der Waals surface area contributed by atoms with Gasteiger partial charge in [0.15, 0.2) is 5.78 Å². The Morgan fingerprint density at radius 2 is 1.73 bits per heavy atom. The summed E-state index contributed by atoms with van der Waals surface area (Å²) in [5.41, 5.74) is 6.66. The number of Topliss-reactive ketones (excluding diaryl/α,β-unsaturated/α-hetero) is 1. The average Bonchev–Trinajstić information content (AvgIpc) is 3.55. The van der Waals surface area contributed by atoms with Crippen LogP contribution in [0.15, 0.2) is 64.2 Å². The van der Waals surface area contributed by atoms with Crippen LogP contribution < -0.4 is 17.0 Å². The molecule has 0 aliphatic heterocycles. The second-order valence-electron chi connectivity index (χ2n) is 7.20. The maximum absolute atomic E-state index is 13.0. The fourth-order valence-electron chi connectivity index (χ4n) is 3.41. The van der Waals surface area contributed by atoms with Crippen LogP contribution in [0.1, 0.15) is 45.6 Å². The highest BCUT2D eigenvalue weighted by Gasteiger charge is 2.30. The van der Waals surface area contributed by atoms with Crippen LogP contribution in [0.3, 0.4) is 0 Å². The van der Waals surface area contributed by atoms with E-state index in [4.69, 9.17) is 17.3 Å². The van der Waals surface area contributed by atoms with E-state index in [0.29, 0.717) is 5.02 Å². The molecule has 6 nitrogen and oxygen atoms in total.